The second-order valence-corrected chi connectivity index (χ2v) is 12.3. The van der Waals surface area contributed by atoms with Crippen molar-refractivity contribution in [2.75, 3.05) is 14.2 Å². The second-order valence-electron chi connectivity index (χ2n) is 11.1. The van der Waals surface area contributed by atoms with E-state index in [0.717, 1.165) is 16.0 Å². The van der Waals surface area contributed by atoms with Crippen LogP contribution in [0.4, 0.5) is 0 Å². The van der Waals surface area contributed by atoms with Crippen LogP contribution in [-0.2, 0) is 25.7 Å². The van der Waals surface area contributed by atoms with Gasteiger partial charge in [-0.05, 0) is 42.0 Å². The molecule has 2 heterocycles. The smallest absolute Gasteiger partial charge is 0.253 e. The van der Waals surface area contributed by atoms with Gasteiger partial charge in [-0.25, -0.2) is 0 Å². The fraction of sp³-hybridized carbons (Fsp3) is 0.355. The van der Waals surface area contributed by atoms with Gasteiger partial charge < -0.3 is 9.84 Å². The molecule has 8 nitrogen and oxygen atoms in total. The number of imide groups is 2. The van der Waals surface area contributed by atoms with Crippen molar-refractivity contribution in [3.05, 3.63) is 77.4 Å². The van der Waals surface area contributed by atoms with Crippen LogP contribution in [0.5, 0.6) is 11.5 Å². The van der Waals surface area contributed by atoms with Crippen molar-refractivity contribution >= 4 is 52.9 Å². The molecule has 41 heavy (non-hydrogen) atoms. The summed E-state index contributed by atoms with van der Waals surface area (Å²) in [5.74, 6) is -4.27. The number of fused-ring (bicyclic) bond motifs is 4. The minimum absolute atomic E-state index is 0.0281. The summed E-state index contributed by atoms with van der Waals surface area (Å²) in [5.41, 5.74) is 2.21. The molecule has 6 rings (SSSR count). The van der Waals surface area contributed by atoms with Crippen LogP contribution < -0.4 is 4.74 Å². The Bertz CT molecular complexity index is 1540. The Kier molecular flexibility index (Phi) is 6.54. The lowest BCUT2D eigenvalue weighted by molar-refractivity contribution is -0.141. The maximum absolute atomic E-state index is 13.9. The molecule has 212 valence electrons. The molecule has 0 bridgehead atoms. The first kappa shape index (κ1) is 27.5. The van der Waals surface area contributed by atoms with Gasteiger partial charge in [-0.1, -0.05) is 60.2 Å². The molecule has 4 aliphatic rings. The van der Waals surface area contributed by atoms with Crippen molar-refractivity contribution in [1.82, 2.24) is 9.80 Å². The van der Waals surface area contributed by atoms with Gasteiger partial charge in [0.05, 0.1) is 25.5 Å². The van der Waals surface area contributed by atoms with Gasteiger partial charge >= 0.3 is 0 Å². The van der Waals surface area contributed by atoms with E-state index in [1.54, 1.807) is 24.3 Å². The highest BCUT2D eigenvalue weighted by Crippen LogP contribution is 2.63. The Morgan fingerprint density at radius 2 is 1.76 bits per heavy atom. The number of rotatable bonds is 5. The van der Waals surface area contributed by atoms with E-state index >= 15 is 0 Å². The van der Waals surface area contributed by atoms with Crippen LogP contribution in [0, 0.1) is 23.7 Å². The molecule has 10 heteroatoms. The molecular weight excluding hydrogens is 567 g/mol. The molecule has 2 saturated heterocycles. The van der Waals surface area contributed by atoms with Gasteiger partial charge in [-0.3, -0.25) is 29.0 Å². The number of benzene rings is 2. The van der Waals surface area contributed by atoms with Crippen molar-refractivity contribution in [1.29, 1.82) is 0 Å². The Balaban J connectivity index is 1.42. The molecule has 0 radical (unpaired) electrons. The summed E-state index contributed by atoms with van der Waals surface area (Å²) in [6.45, 7) is 0.158. The zero-order chi connectivity index (χ0) is 29.3. The van der Waals surface area contributed by atoms with Crippen molar-refractivity contribution in [2.24, 2.45) is 23.7 Å². The number of halogens is 2. The van der Waals surface area contributed by atoms with Crippen LogP contribution in [-0.4, -0.2) is 62.4 Å². The molecule has 6 unspecified atom stereocenters. The Morgan fingerprint density at radius 3 is 2.46 bits per heavy atom. The second kappa shape index (κ2) is 9.74. The number of nitrogens with zero attached hydrogens (tertiary/aromatic N) is 2. The normalized spacial score (nSPS) is 32.7. The number of amides is 4. The average Bonchev–Trinajstić information content (AvgIpc) is 3.28. The summed E-state index contributed by atoms with van der Waals surface area (Å²) in [6, 6.07) is 14.1. The zero-order valence-corrected chi connectivity index (χ0v) is 23.9. The van der Waals surface area contributed by atoms with Gasteiger partial charge in [0, 0.05) is 13.0 Å². The van der Waals surface area contributed by atoms with Gasteiger partial charge in [0.2, 0.25) is 11.8 Å². The van der Waals surface area contributed by atoms with E-state index in [2.05, 4.69) is 0 Å². The van der Waals surface area contributed by atoms with Crippen LogP contribution in [0.15, 0.2) is 66.3 Å². The van der Waals surface area contributed by atoms with Crippen molar-refractivity contribution in [3.63, 3.8) is 0 Å². The van der Waals surface area contributed by atoms with Crippen molar-refractivity contribution in [2.45, 2.75) is 29.1 Å². The van der Waals surface area contributed by atoms with E-state index in [4.69, 9.17) is 27.9 Å². The highest BCUT2D eigenvalue weighted by molar-refractivity contribution is 6.53. The lowest BCUT2D eigenvalue weighted by Crippen LogP contribution is -2.60. The fourth-order valence-electron chi connectivity index (χ4n) is 6.98. The number of carbonyl (C=O) groups is 4. The zero-order valence-electron chi connectivity index (χ0n) is 22.4. The van der Waals surface area contributed by atoms with Gasteiger partial charge in [0.25, 0.3) is 11.8 Å². The predicted octanol–water partition coefficient (Wildman–Crippen LogP) is 4.14. The SMILES string of the molecule is COc1cc(C=CC2C3=CCC4C(=O)N(Cc5ccccc5)C(=O)C4C3CC3(Cl)C(=O)N(C)C(=O)C23Cl)ccc1O. The van der Waals surface area contributed by atoms with Crippen molar-refractivity contribution in [3.8, 4) is 11.5 Å². The van der Waals surface area contributed by atoms with Gasteiger partial charge in [-0.15, -0.1) is 23.2 Å². The third kappa shape index (κ3) is 3.87. The first-order valence-electron chi connectivity index (χ1n) is 13.4. The highest BCUT2D eigenvalue weighted by atomic mass is 35.5. The number of hydrogen-bond acceptors (Lipinski definition) is 6. The largest absolute Gasteiger partial charge is 0.504 e. The van der Waals surface area contributed by atoms with E-state index in [9.17, 15) is 24.3 Å². The third-order valence-electron chi connectivity index (χ3n) is 9.03. The minimum Gasteiger partial charge on any atom is -0.504 e. The molecule has 2 aliphatic carbocycles. The van der Waals surface area contributed by atoms with E-state index in [1.165, 1.54) is 25.1 Å². The third-order valence-corrected chi connectivity index (χ3v) is 10.5. The number of allylic oxidation sites excluding steroid dienone is 3. The van der Waals surface area contributed by atoms with Crippen LogP contribution in [0.3, 0.4) is 0 Å². The molecule has 4 amide bonds. The first-order valence-corrected chi connectivity index (χ1v) is 14.1. The molecule has 2 aromatic rings. The Hall–Kier alpha value is -3.62. The number of methoxy groups -OCH3 is 1. The van der Waals surface area contributed by atoms with E-state index in [1.807, 2.05) is 36.4 Å². The molecule has 2 aliphatic heterocycles. The van der Waals surface area contributed by atoms with Gasteiger partial charge in [0.1, 0.15) is 0 Å². The average molecular weight is 595 g/mol. The molecule has 0 aromatic heterocycles. The maximum atomic E-state index is 13.9. The predicted molar refractivity (Wildman–Crippen MR) is 152 cm³/mol. The lowest BCUT2D eigenvalue weighted by Gasteiger charge is -2.49. The summed E-state index contributed by atoms with van der Waals surface area (Å²) in [6.07, 6.45) is 5.61. The molecule has 3 fully saturated rings. The summed E-state index contributed by atoms with van der Waals surface area (Å²) in [5, 5.41) is 10.00. The van der Waals surface area contributed by atoms with E-state index in [-0.39, 0.29) is 36.3 Å². The fourth-order valence-corrected chi connectivity index (χ4v) is 7.96. The maximum Gasteiger partial charge on any atom is 0.253 e. The van der Waals surface area contributed by atoms with Gasteiger partial charge in [0.15, 0.2) is 21.2 Å². The summed E-state index contributed by atoms with van der Waals surface area (Å²) in [4.78, 5) is 53.0. The Morgan fingerprint density at radius 1 is 1.02 bits per heavy atom. The Labute approximate surface area is 247 Å². The van der Waals surface area contributed by atoms with Crippen LogP contribution in [0.25, 0.3) is 6.08 Å². The molecule has 2 aromatic carbocycles. The quantitative estimate of drug-likeness (QED) is 0.317. The number of aromatic hydroxyl groups is 1. The van der Waals surface area contributed by atoms with E-state index < -0.39 is 45.2 Å². The molecular formula is C31H28Cl2N2O6. The number of likely N-dealkylation sites (tertiary alicyclic amines) is 2. The standard InChI is InChI=1S/C31H28Cl2N2O6/c1-34-28(39)30(32)15-21-19(10-11-20-25(21)27(38)35(26(20)37)16-18-6-4-3-5-7-18)22(31(30,33)29(34)40)12-8-17-9-13-23(36)24(14-17)41-2/h3-10,12-14,20-22,25,36H,11,15-16H2,1-2H3. The minimum atomic E-state index is -1.83. The monoisotopic (exact) mass is 594 g/mol. The topological polar surface area (TPSA) is 104 Å². The number of phenols is 1. The molecule has 0 spiro atoms. The van der Waals surface area contributed by atoms with Crippen molar-refractivity contribution < 1.29 is 29.0 Å². The molecule has 1 N–H and O–H groups in total. The van der Waals surface area contributed by atoms with Crippen LogP contribution in [0.1, 0.15) is 24.0 Å². The summed E-state index contributed by atoms with van der Waals surface area (Å²) in [7, 11) is 2.79. The molecule has 1 saturated carbocycles. The number of phenolic OH excluding ortho intramolecular Hbond substituents is 1. The summed E-state index contributed by atoms with van der Waals surface area (Å²) < 4.78 is 5.21. The highest BCUT2D eigenvalue weighted by Gasteiger charge is 2.75. The van der Waals surface area contributed by atoms with Crippen LogP contribution in [0.2, 0.25) is 0 Å². The van der Waals surface area contributed by atoms with E-state index in [0.29, 0.717) is 12.0 Å². The van der Waals surface area contributed by atoms with Crippen LogP contribution >= 0.6 is 23.2 Å². The lowest BCUT2D eigenvalue weighted by atomic mass is 9.57. The molecule has 6 atom stereocenters. The number of alkyl halides is 2. The van der Waals surface area contributed by atoms with Gasteiger partial charge in [-0.2, -0.15) is 0 Å². The number of hydrogen-bond donors (Lipinski definition) is 1. The number of carbonyl (C=O) groups excluding carboxylic acids is 4. The first-order chi connectivity index (χ1) is 19.5. The summed E-state index contributed by atoms with van der Waals surface area (Å²) >= 11 is 14.3. The number of ether oxygens (including phenoxy) is 1.